The minimum atomic E-state index is -3.86. The summed E-state index contributed by atoms with van der Waals surface area (Å²) in [6.45, 7) is 2.21. The van der Waals surface area contributed by atoms with E-state index in [2.05, 4.69) is 15.8 Å². The number of benzene rings is 1. The molecule has 1 amide bonds. The van der Waals surface area contributed by atoms with E-state index >= 15 is 0 Å². The first-order chi connectivity index (χ1) is 10.5. The summed E-state index contributed by atoms with van der Waals surface area (Å²) in [5.74, 6) is -0.718. The van der Waals surface area contributed by atoms with Crippen molar-refractivity contribution in [3.63, 3.8) is 0 Å². The van der Waals surface area contributed by atoms with Crippen LogP contribution in [0.5, 0.6) is 0 Å². The summed E-state index contributed by atoms with van der Waals surface area (Å²) in [4.78, 5) is 12.2. The zero-order valence-corrected chi connectivity index (χ0v) is 13.3. The molecular formula is C14H13N3O3S2. The van der Waals surface area contributed by atoms with E-state index in [4.69, 9.17) is 0 Å². The number of hydrazone groups is 1. The number of hydrogen-bond acceptors (Lipinski definition) is 6. The summed E-state index contributed by atoms with van der Waals surface area (Å²) < 4.78 is 24.7. The molecule has 1 aromatic carbocycles. The van der Waals surface area contributed by atoms with Gasteiger partial charge in [-0.05, 0) is 23.9 Å². The number of amides is 1. The molecule has 0 aliphatic carbocycles. The van der Waals surface area contributed by atoms with Crippen LogP contribution in [-0.2, 0) is 21.2 Å². The standard InChI is InChI=1S/C14H13N3O3S2/c1-9-2-4-10(5-3-9)8-15-12(18)14-17-16-13-11(6-7-21-13)22(14,19)20/h2-7,16H,8H2,1H3,(H,15,18). The van der Waals surface area contributed by atoms with Gasteiger partial charge in [-0.3, -0.25) is 10.2 Å². The molecule has 0 radical (unpaired) electrons. The topological polar surface area (TPSA) is 87.6 Å². The normalized spacial score (nSPS) is 15.4. The molecule has 3 rings (SSSR count). The number of rotatable bonds is 3. The Kier molecular flexibility index (Phi) is 3.71. The molecule has 0 bridgehead atoms. The number of anilines is 1. The molecule has 114 valence electrons. The lowest BCUT2D eigenvalue weighted by Gasteiger charge is -2.14. The fourth-order valence-corrected chi connectivity index (χ4v) is 4.40. The van der Waals surface area contributed by atoms with Crippen LogP contribution in [0.2, 0.25) is 0 Å². The zero-order valence-electron chi connectivity index (χ0n) is 11.7. The summed E-state index contributed by atoms with van der Waals surface area (Å²) in [5.41, 5.74) is 4.60. The molecule has 0 atom stereocenters. The predicted octanol–water partition coefficient (Wildman–Crippen LogP) is 1.89. The van der Waals surface area contributed by atoms with Crippen molar-refractivity contribution in [3.8, 4) is 0 Å². The van der Waals surface area contributed by atoms with Crippen LogP contribution in [0.3, 0.4) is 0 Å². The second kappa shape index (κ2) is 5.54. The van der Waals surface area contributed by atoms with Crippen LogP contribution in [0.4, 0.5) is 5.00 Å². The van der Waals surface area contributed by atoms with E-state index in [-0.39, 0.29) is 11.4 Å². The molecule has 2 heterocycles. The monoisotopic (exact) mass is 335 g/mol. The lowest BCUT2D eigenvalue weighted by Crippen LogP contribution is -2.37. The van der Waals surface area contributed by atoms with Gasteiger partial charge < -0.3 is 5.32 Å². The number of aryl methyl sites for hydroxylation is 1. The Labute approximate surface area is 131 Å². The maximum atomic E-state index is 12.3. The van der Waals surface area contributed by atoms with Crippen LogP contribution in [0.1, 0.15) is 11.1 Å². The highest BCUT2D eigenvalue weighted by atomic mass is 32.2. The minimum absolute atomic E-state index is 0.0907. The molecule has 2 aromatic rings. The van der Waals surface area contributed by atoms with Crippen LogP contribution < -0.4 is 10.7 Å². The van der Waals surface area contributed by atoms with Gasteiger partial charge in [-0.15, -0.1) is 11.3 Å². The first-order valence-corrected chi connectivity index (χ1v) is 8.85. The van der Waals surface area contributed by atoms with Crippen LogP contribution in [0, 0.1) is 6.92 Å². The van der Waals surface area contributed by atoms with Gasteiger partial charge in [0.05, 0.1) is 0 Å². The molecular weight excluding hydrogens is 322 g/mol. The average molecular weight is 335 g/mol. The van der Waals surface area contributed by atoms with Crippen molar-refractivity contribution in [1.82, 2.24) is 5.32 Å². The van der Waals surface area contributed by atoms with Crippen LogP contribution in [-0.4, -0.2) is 19.4 Å². The van der Waals surface area contributed by atoms with E-state index in [9.17, 15) is 13.2 Å². The molecule has 0 fully saturated rings. The van der Waals surface area contributed by atoms with Gasteiger partial charge in [-0.1, -0.05) is 29.8 Å². The van der Waals surface area contributed by atoms with E-state index in [1.807, 2.05) is 31.2 Å². The highest BCUT2D eigenvalue weighted by molar-refractivity contribution is 8.08. The van der Waals surface area contributed by atoms with Gasteiger partial charge in [-0.25, -0.2) is 8.42 Å². The van der Waals surface area contributed by atoms with Crippen LogP contribution >= 0.6 is 11.3 Å². The Morgan fingerprint density at radius 3 is 2.73 bits per heavy atom. The molecule has 2 N–H and O–H groups in total. The number of hydrogen-bond donors (Lipinski definition) is 2. The van der Waals surface area contributed by atoms with Crippen molar-refractivity contribution in [2.45, 2.75) is 18.4 Å². The number of sulfone groups is 1. The first kappa shape index (κ1) is 14.7. The molecule has 0 saturated heterocycles. The molecule has 6 nitrogen and oxygen atoms in total. The summed E-state index contributed by atoms with van der Waals surface area (Å²) in [6.07, 6.45) is 0. The number of fused-ring (bicyclic) bond motifs is 1. The first-order valence-electron chi connectivity index (χ1n) is 6.48. The number of thiophene rings is 1. The summed E-state index contributed by atoms with van der Waals surface area (Å²) in [7, 11) is -3.86. The minimum Gasteiger partial charge on any atom is -0.346 e. The van der Waals surface area contributed by atoms with Gasteiger partial charge in [-0.2, -0.15) is 5.10 Å². The van der Waals surface area contributed by atoms with E-state index < -0.39 is 20.8 Å². The van der Waals surface area contributed by atoms with Gasteiger partial charge in [0.25, 0.3) is 5.91 Å². The Bertz CT molecular complexity index is 852. The molecule has 1 aliphatic rings. The highest BCUT2D eigenvalue weighted by Gasteiger charge is 2.35. The molecule has 1 aromatic heterocycles. The van der Waals surface area contributed by atoms with Crippen molar-refractivity contribution in [3.05, 3.63) is 46.8 Å². The van der Waals surface area contributed by atoms with Crippen molar-refractivity contribution in [2.24, 2.45) is 5.10 Å². The molecule has 0 unspecified atom stereocenters. The van der Waals surface area contributed by atoms with Crippen molar-refractivity contribution >= 4 is 37.1 Å². The Hall–Kier alpha value is -2.19. The summed E-state index contributed by atoms with van der Waals surface area (Å²) in [5, 5.41) is 7.83. The van der Waals surface area contributed by atoms with Gasteiger partial charge in [0, 0.05) is 6.54 Å². The number of nitrogens with zero attached hydrogens (tertiary/aromatic N) is 1. The molecule has 0 saturated carbocycles. The molecule has 1 aliphatic heterocycles. The van der Waals surface area contributed by atoms with Crippen molar-refractivity contribution in [1.29, 1.82) is 0 Å². The van der Waals surface area contributed by atoms with E-state index in [0.29, 0.717) is 5.00 Å². The quantitative estimate of drug-likeness (QED) is 0.896. The van der Waals surface area contributed by atoms with Gasteiger partial charge in [0.2, 0.25) is 14.9 Å². The van der Waals surface area contributed by atoms with E-state index in [1.165, 1.54) is 17.4 Å². The third-order valence-electron chi connectivity index (χ3n) is 3.20. The fourth-order valence-electron chi connectivity index (χ4n) is 1.99. The maximum Gasteiger partial charge on any atom is 0.284 e. The maximum absolute atomic E-state index is 12.3. The second-order valence-electron chi connectivity index (χ2n) is 4.81. The molecule has 8 heteroatoms. The van der Waals surface area contributed by atoms with E-state index in [1.54, 1.807) is 5.38 Å². The SMILES string of the molecule is Cc1ccc(CNC(=O)C2=NNc3sccc3S2(=O)=O)cc1. The average Bonchev–Trinajstić information content (AvgIpc) is 2.96. The van der Waals surface area contributed by atoms with Crippen LogP contribution in [0.15, 0.2) is 45.7 Å². The number of carbonyl (C=O) groups is 1. The number of nitrogens with one attached hydrogen (secondary N) is 2. The summed E-state index contributed by atoms with van der Waals surface area (Å²) in [6, 6.07) is 9.07. The Morgan fingerprint density at radius 1 is 1.27 bits per heavy atom. The van der Waals surface area contributed by atoms with Gasteiger partial charge >= 0.3 is 0 Å². The molecule has 22 heavy (non-hydrogen) atoms. The van der Waals surface area contributed by atoms with Crippen LogP contribution in [0.25, 0.3) is 0 Å². The highest BCUT2D eigenvalue weighted by Crippen LogP contribution is 2.32. The largest absolute Gasteiger partial charge is 0.346 e. The predicted molar refractivity (Wildman–Crippen MR) is 85.6 cm³/mol. The zero-order chi connectivity index (χ0) is 15.7. The molecule has 0 spiro atoms. The lowest BCUT2D eigenvalue weighted by molar-refractivity contribution is -0.114. The second-order valence-corrected chi connectivity index (χ2v) is 7.56. The third-order valence-corrected chi connectivity index (χ3v) is 5.85. The number of carbonyl (C=O) groups excluding carboxylic acids is 1. The Balaban J connectivity index is 1.75. The lowest BCUT2D eigenvalue weighted by atomic mass is 10.1. The van der Waals surface area contributed by atoms with Gasteiger partial charge in [0.15, 0.2) is 0 Å². The third kappa shape index (κ3) is 2.62. The van der Waals surface area contributed by atoms with Gasteiger partial charge in [0.1, 0.15) is 9.90 Å². The van der Waals surface area contributed by atoms with Crippen molar-refractivity contribution in [2.75, 3.05) is 5.43 Å². The fraction of sp³-hybridized carbons (Fsp3) is 0.143. The smallest absolute Gasteiger partial charge is 0.284 e. The van der Waals surface area contributed by atoms with E-state index in [0.717, 1.165) is 11.1 Å². The summed E-state index contributed by atoms with van der Waals surface area (Å²) >= 11 is 1.22. The van der Waals surface area contributed by atoms with Crippen molar-refractivity contribution < 1.29 is 13.2 Å². The Morgan fingerprint density at radius 2 is 2.00 bits per heavy atom.